The van der Waals surface area contributed by atoms with Crippen molar-refractivity contribution in [2.45, 2.75) is 19.5 Å². The van der Waals surface area contributed by atoms with Gasteiger partial charge in [0.15, 0.2) is 0 Å². The third-order valence-corrected chi connectivity index (χ3v) is 3.17. The molecule has 0 aromatic heterocycles. The first-order valence-corrected chi connectivity index (χ1v) is 5.89. The lowest BCUT2D eigenvalue weighted by molar-refractivity contribution is 0.485. The van der Waals surface area contributed by atoms with Gasteiger partial charge in [0, 0.05) is 5.92 Å². The molecule has 0 bridgehead atoms. The fraction of sp³-hybridized carbons (Fsp3) is 0.188. The van der Waals surface area contributed by atoms with Crippen molar-refractivity contribution in [2.24, 2.45) is 0 Å². The molecule has 2 aromatic carbocycles. The minimum Gasteiger partial charge on any atom is -0.246 e. The zero-order valence-electron chi connectivity index (χ0n) is 10.2. The fourth-order valence-electron chi connectivity index (χ4n) is 1.93. The molecular weight excluding hydrogens is 225 g/mol. The molecule has 0 aliphatic rings. The van der Waals surface area contributed by atoms with Gasteiger partial charge in [-0.05, 0) is 28.8 Å². The second-order valence-corrected chi connectivity index (χ2v) is 4.33. The van der Waals surface area contributed by atoms with E-state index < -0.39 is 6.67 Å². The van der Waals surface area contributed by atoms with Crippen LogP contribution in [0.15, 0.2) is 48.5 Å². The summed E-state index contributed by atoms with van der Waals surface area (Å²) in [5.74, 6) is 0.242. The number of nitrogens with zero attached hydrogens (tertiary/aromatic N) is 1. The van der Waals surface area contributed by atoms with Gasteiger partial charge in [0.2, 0.25) is 0 Å². The maximum atomic E-state index is 12.4. The molecule has 0 saturated heterocycles. The van der Waals surface area contributed by atoms with E-state index in [0.29, 0.717) is 11.1 Å². The van der Waals surface area contributed by atoms with Gasteiger partial charge in [-0.15, -0.1) is 0 Å². The summed E-state index contributed by atoms with van der Waals surface area (Å²) in [5.41, 5.74) is 3.67. The predicted molar refractivity (Wildman–Crippen MR) is 69.9 cm³/mol. The highest BCUT2D eigenvalue weighted by Gasteiger charge is 2.08. The topological polar surface area (TPSA) is 23.8 Å². The summed E-state index contributed by atoms with van der Waals surface area (Å²) < 4.78 is 12.4. The molecule has 90 valence electrons. The number of benzene rings is 2. The smallest absolute Gasteiger partial charge is 0.115 e. The van der Waals surface area contributed by atoms with Gasteiger partial charge < -0.3 is 0 Å². The van der Waals surface area contributed by atoms with E-state index in [0.717, 1.165) is 11.1 Å². The molecule has 18 heavy (non-hydrogen) atoms. The van der Waals surface area contributed by atoms with E-state index in [1.807, 2.05) is 48.5 Å². The largest absolute Gasteiger partial charge is 0.246 e. The molecular formula is C16H14FN. The van der Waals surface area contributed by atoms with Gasteiger partial charge in [-0.2, -0.15) is 5.26 Å². The van der Waals surface area contributed by atoms with Crippen molar-refractivity contribution in [1.82, 2.24) is 0 Å². The molecule has 0 heterocycles. The molecule has 0 N–H and O–H groups in total. The zero-order chi connectivity index (χ0) is 13.0. The van der Waals surface area contributed by atoms with Gasteiger partial charge in [-0.3, -0.25) is 0 Å². The van der Waals surface area contributed by atoms with E-state index in [-0.39, 0.29) is 5.92 Å². The summed E-state index contributed by atoms with van der Waals surface area (Å²) in [5, 5.41) is 8.76. The molecule has 2 aromatic rings. The van der Waals surface area contributed by atoms with Crippen molar-refractivity contribution >= 4 is 0 Å². The van der Waals surface area contributed by atoms with Gasteiger partial charge in [0.1, 0.15) is 6.67 Å². The summed E-state index contributed by atoms with van der Waals surface area (Å²) in [6.07, 6.45) is 0. The molecule has 1 nitrogen and oxygen atoms in total. The van der Waals surface area contributed by atoms with Crippen LogP contribution >= 0.6 is 0 Å². The van der Waals surface area contributed by atoms with E-state index in [2.05, 4.69) is 13.0 Å². The van der Waals surface area contributed by atoms with Crippen molar-refractivity contribution in [3.63, 3.8) is 0 Å². The maximum Gasteiger partial charge on any atom is 0.115 e. The third-order valence-electron chi connectivity index (χ3n) is 3.17. The fourth-order valence-corrected chi connectivity index (χ4v) is 1.93. The molecule has 0 aliphatic carbocycles. The second kappa shape index (κ2) is 5.46. The SMILES string of the molecule is CC(c1ccc(C#N)cc1)c1ccc(CF)cc1. The van der Waals surface area contributed by atoms with Crippen molar-refractivity contribution in [2.75, 3.05) is 0 Å². The van der Waals surface area contributed by atoms with Crippen molar-refractivity contribution < 1.29 is 4.39 Å². The lowest BCUT2D eigenvalue weighted by atomic mass is 9.92. The highest BCUT2D eigenvalue weighted by Crippen LogP contribution is 2.24. The molecule has 0 amide bonds. The Morgan fingerprint density at radius 1 is 1.00 bits per heavy atom. The lowest BCUT2D eigenvalue weighted by Gasteiger charge is -2.12. The molecule has 0 saturated carbocycles. The standard InChI is InChI=1S/C16H14FN/c1-12(15-6-2-13(10-17)3-7-15)16-8-4-14(11-18)5-9-16/h2-9,12H,10H2,1H3. The quantitative estimate of drug-likeness (QED) is 0.788. The number of nitriles is 1. The summed E-state index contributed by atoms with van der Waals surface area (Å²) in [6, 6.07) is 17.2. The van der Waals surface area contributed by atoms with E-state index in [1.165, 1.54) is 0 Å². The third kappa shape index (κ3) is 2.57. The van der Waals surface area contributed by atoms with E-state index in [1.54, 1.807) is 0 Å². The first-order chi connectivity index (χ1) is 8.74. The average molecular weight is 239 g/mol. The average Bonchev–Trinajstić information content (AvgIpc) is 2.47. The zero-order valence-corrected chi connectivity index (χ0v) is 10.2. The van der Waals surface area contributed by atoms with Crippen LogP contribution in [0.4, 0.5) is 4.39 Å². The first kappa shape index (κ1) is 12.3. The predicted octanol–water partition coefficient (Wildman–Crippen LogP) is 4.18. The molecule has 0 spiro atoms. The lowest BCUT2D eigenvalue weighted by Crippen LogP contribution is -1.96. The first-order valence-electron chi connectivity index (χ1n) is 5.89. The van der Waals surface area contributed by atoms with Crippen molar-refractivity contribution in [1.29, 1.82) is 5.26 Å². The van der Waals surface area contributed by atoms with Crippen LogP contribution < -0.4 is 0 Å². The Balaban J connectivity index is 2.23. The Morgan fingerprint density at radius 2 is 1.50 bits per heavy atom. The Hall–Kier alpha value is -2.14. The van der Waals surface area contributed by atoms with Crippen LogP contribution in [0.5, 0.6) is 0 Å². The summed E-state index contributed by atoms with van der Waals surface area (Å²) in [6.45, 7) is 1.68. The van der Waals surface area contributed by atoms with Gasteiger partial charge in [-0.1, -0.05) is 43.3 Å². The highest BCUT2D eigenvalue weighted by atomic mass is 19.1. The van der Waals surface area contributed by atoms with Crippen LogP contribution in [0.25, 0.3) is 0 Å². The van der Waals surface area contributed by atoms with E-state index in [9.17, 15) is 4.39 Å². The highest BCUT2D eigenvalue weighted by molar-refractivity contribution is 5.37. The van der Waals surface area contributed by atoms with Crippen LogP contribution in [0, 0.1) is 11.3 Å². The molecule has 0 fully saturated rings. The Labute approximate surface area is 107 Å². The summed E-state index contributed by atoms with van der Waals surface area (Å²) in [7, 11) is 0. The molecule has 1 atom stereocenters. The molecule has 2 heteroatoms. The number of halogens is 1. The van der Waals surface area contributed by atoms with E-state index in [4.69, 9.17) is 5.26 Å². The molecule has 1 unspecified atom stereocenters. The van der Waals surface area contributed by atoms with Gasteiger partial charge in [0.25, 0.3) is 0 Å². The van der Waals surface area contributed by atoms with E-state index >= 15 is 0 Å². The molecule has 2 rings (SSSR count). The maximum absolute atomic E-state index is 12.4. The molecule has 0 radical (unpaired) electrons. The minimum absolute atomic E-state index is 0.242. The number of rotatable bonds is 3. The van der Waals surface area contributed by atoms with Gasteiger partial charge in [0.05, 0.1) is 11.6 Å². The Morgan fingerprint density at radius 3 is 1.94 bits per heavy atom. The number of hydrogen-bond acceptors (Lipinski definition) is 1. The Kier molecular flexibility index (Phi) is 3.74. The molecule has 0 aliphatic heterocycles. The van der Waals surface area contributed by atoms with Crippen LogP contribution in [0.3, 0.4) is 0 Å². The van der Waals surface area contributed by atoms with Crippen molar-refractivity contribution in [3.8, 4) is 6.07 Å². The summed E-state index contributed by atoms with van der Waals surface area (Å²) >= 11 is 0. The van der Waals surface area contributed by atoms with Crippen LogP contribution in [-0.4, -0.2) is 0 Å². The second-order valence-electron chi connectivity index (χ2n) is 4.33. The van der Waals surface area contributed by atoms with Crippen molar-refractivity contribution in [3.05, 3.63) is 70.8 Å². The van der Waals surface area contributed by atoms with Gasteiger partial charge >= 0.3 is 0 Å². The summed E-state index contributed by atoms with van der Waals surface area (Å²) in [4.78, 5) is 0. The van der Waals surface area contributed by atoms with Gasteiger partial charge in [-0.25, -0.2) is 4.39 Å². The van der Waals surface area contributed by atoms with Crippen LogP contribution in [-0.2, 0) is 6.67 Å². The van der Waals surface area contributed by atoms with Crippen LogP contribution in [0.1, 0.15) is 35.1 Å². The Bertz CT molecular complexity index is 549. The monoisotopic (exact) mass is 239 g/mol. The van der Waals surface area contributed by atoms with Crippen LogP contribution in [0.2, 0.25) is 0 Å². The number of alkyl halides is 1. The number of hydrogen-bond donors (Lipinski definition) is 0. The normalized spacial score (nSPS) is 11.8. The minimum atomic E-state index is -0.425.